The normalized spacial score (nSPS) is 15.7. The first-order chi connectivity index (χ1) is 13.0. The number of nitrogens with zero attached hydrogens (tertiary/aromatic N) is 4. The predicted octanol–water partition coefficient (Wildman–Crippen LogP) is 1.81. The van der Waals surface area contributed by atoms with Crippen LogP contribution in [-0.4, -0.2) is 79.4 Å². The minimum absolute atomic E-state index is 0.177. The van der Waals surface area contributed by atoms with Crippen molar-refractivity contribution in [3.05, 3.63) is 35.4 Å². The minimum atomic E-state index is 0.177. The van der Waals surface area contributed by atoms with E-state index in [1.807, 2.05) is 4.90 Å². The molecule has 1 fully saturated rings. The van der Waals surface area contributed by atoms with Gasteiger partial charge in [0.25, 0.3) is 0 Å². The van der Waals surface area contributed by atoms with Gasteiger partial charge < -0.3 is 15.1 Å². The first-order valence-electron chi connectivity index (χ1n) is 10.1. The van der Waals surface area contributed by atoms with Gasteiger partial charge in [0.05, 0.1) is 6.54 Å². The summed E-state index contributed by atoms with van der Waals surface area (Å²) in [7, 11) is 2.08. The molecule has 0 saturated carbocycles. The molecule has 1 saturated heterocycles. The summed E-state index contributed by atoms with van der Waals surface area (Å²) in [5.74, 6) is 1.12. The van der Waals surface area contributed by atoms with Crippen LogP contribution in [0.2, 0.25) is 0 Å². The van der Waals surface area contributed by atoms with E-state index in [2.05, 4.69) is 60.3 Å². The lowest BCUT2D eigenvalue weighted by atomic mass is 10.1. The maximum absolute atomic E-state index is 11.4. The average Bonchev–Trinajstić information content (AvgIpc) is 2.68. The fourth-order valence-electron chi connectivity index (χ4n) is 3.28. The zero-order valence-electron chi connectivity index (χ0n) is 17.4. The fraction of sp³-hybridized carbons (Fsp3) is 0.619. The average molecular weight is 374 g/mol. The molecule has 0 aromatic heterocycles. The molecule has 1 N–H and O–H groups in total. The standard InChI is InChI=1S/C21H35N5O/c1-5-19-7-9-20(10-8-19)17-24(4)21(22-6-2)23-11-12-25-13-15-26(16-14-25)18(3)27/h7-10H,5-6,11-17H2,1-4H3,(H,22,23). The molecule has 1 aromatic rings. The number of aliphatic imine (C=N–C) groups is 1. The summed E-state index contributed by atoms with van der Waals surface area (Å²) < 4.78 is 0. The van der Waals surface area contributed by atoms with Crippen molar-refractivity contribution >= 4 is 11.9 Å². The number of amides is 1. The van der Waals surface area contributed by atoms with Crippen LogP contribution in [-0.2, 0) is 17.8 Å². The van der Waals surface area contributed by atoms with Crippen molar-refractivity contribution in [3.63, 3.8) is 0 Å². The topological polar surface area (TPSA) is 51.2 Å². The van der Waals surface area contributed by atoms with Gasteiger partial charge in [-0.15, -0.1) is 0 Å². The largest absolute Gasteiger partial charge is 0.357 e. The highest BCUT2D eigenvalue weighted by Crippen LogP contribution is 2.08. The Kier molecular flexibility index (Phi) is 8.58. The lowest BCUT2D eigenvalue weighted by molar-refractivity contribution is -0.130. The van der Waals surface area contributed by atoms with Crippen LogP contribution in [0.4, 0.5) is 0 Å². The Morgan fingerprint density at radius 1 is 1.11 bits per heavy atom. The Balaban J connectivity index is 1.84. The molecule has 0 unspecified atom stereocenters. The van der Waals surface area contributed by atoms with Gasteiger partial charge in [-0.3, -0.25) is 14.7 Å². The van der Waals surface area contributed by atoms with E-state index in [0.717, 1.165) is 64.7 Å². The molecule has 1 aromatic carbocycles. The highest BCUT2D eigenvalue weighted by Gasteiger charge is 2.18. The van der Waals surface area contributed by atoms with Crippen molar-refractivity contribution in [2.75, 3.05) is 52.9 Å². The second-order valence-electron chi connectivity index (χ2n) is 7.11. The number of rotatable bonds is 7. The highest BCUT2D eigenvalue weighted by atomic mass is 16.2. The number of aryl methyl sites for hydroxylation is 1. The summed E-state index contributed by atoms with van der Waals surface area (Å²) in [6.07, 6.45) is 1.07. The molecule has 27 heavy (non-hydrogen) atoms. The van der Waals surface area contributed by atoms with Crippen LogP contribution in [0, 0.1) is 0 Å². The summed E-state index contributed by atoms with van der Waals surface area (Å²) in [6, 6.07) is 8.81. The quantitative estimate of drug-likeness (QED) is 0.585. The Morgan fingerprint density at radius 3 is 2.30 bits per heavy atom. The van der Waals surface area contributed by atoms with Crippen molar-refractivity contribution in [1.82, 2.24) is 20.0 Å². The van der Waals surface area contributed by atoms with Gasteiger partial charge in [0.1, 0.15) is 0 Å². The number of benzene rings is 1. The van der Waals surface area contributed by atoms with E-state index in [-0.39, 0.29) is 5.91 Å². The molecule has 1 amide bonds. The zero-order valence-corrected chi connectivity index (χ0v) is 17.4. The number of guanidine groups is 1. The van der Waals surface area contributed by atoms with Crippen LogP contribution in [0.15, 0.2) is 29.3 Å². The second kappa shape index (κ2) is 10.9. The third kappa shape index (κ3) is 6.86. The fourth-order valence-corrected chi connectivity index (χ4v) is 3.28. The molecular formula is C21H35N5O. The highest BCUT2D eigenvalue weighted by molar-refractivity contribution is 5.79. The Morgan fingerprint density at radius 2 is 1.74 bits per heavy atom. The van der Waals surface area contributed by atoms with Crippen LogP contribution >= 0.6 is 0 Å². The number of hydrogen-bond acceptors (Lipinski definition) is 3. The summed E-state index contributed by atoms with van der Waals surface area (Å²) >= 11 is 0. The van der Waals surface area contributed by atoms with Gasteiger partial charge in [0.15, 0.2) is 5.96 Å². The molecule has 1 heterocycles. The molecule has 2 rings (SSSR count). The zero-order chi connectivity index (χ0) is 19.6. The molecule has 1 aliphatic rings. The summed E-state index contributed by atoms with van der Waals surface area (Å²) in [4.78, 5) is 22.7. The number of hydrogen-bond donors (Lipinski definition) is 1. The molecule has 150 valence electrons. The Labute approximate surface area is 164 Å². The maximum Gasteiger partial charge on any atom is 0.219 e. The second-order valence-corrected chi connectivity index (χ2v) is 7.11. The van der Waals surface area contributed by atoms with E-state index in [0.29, 0.717) is 0 Å². The molecule has 6 nitrogen and oxygen atoms in total. The molecule has 0 radical (unpaired) electrons. The molecule has 0 aliphatic carbocycles. The maximum atomic E-state index is 11.4. The minimum Gasteiger partial charge on any atom is -0.357 e. The first kappa shape index (κ1) is 21.2. The number of piperazine rings is 1. The van der Waals surface area contributed by atoms with Crippen LogP contribution in [0.25, 0.3) is 0 Å². The van der Waals surface area contributed by atoms with E-state index in [1.165, 1.54) is 11.1 Å². The van der Waals surface area contributed by atoms with E-state index >= 15 is 0 Å². The van der Waals surface area contributed by atoms with Gasteiger partial charge in [-0.05, 0) is 24.5 Å². The third-order valence-electron chi connectivity index (χ3n) is 5.04. The SMILES string of the molecule is CCNC(=NCCN1CCN(C(C)=O)CC1)N(C)Cc1ccc(CC)cc1. The first-order valence-corrected chi connectivity index (χ1v) is 10.1. The van der Waals surface area contributed by atoms with Crippen LogP contribution in [0.1, 0.15) is 31.9 Å². The molecule has 1 aliphatic heterocycles. The van der Waals surface area contributed by atoms with Crippen molar-refractivity contribution in [2.24, 2.45) is 4.99 Å². The Bertz CT molecular complexity index is 606. The molecule has 6 heteroatoms. The van der Waals surface area contributed by atoms with Crippen molar-refractivity contribution in [3.8, 4) is 0 Å². The lowest BCUT2D eigenvalue weighted by Gasteiger charge is -2.33. The molecule has 0 atom stereocenters. The molecule has 0 bridgehead atoms. The molecule has 0 spiro atoms. The van der Waals surface area contributed by atoms with E-state index < -0.39 is 0 Å². The van der Waals surface area contributed by atoms with Gasteiger partial charge in [0, 0.05) is 59.8 Å². The van der Waals surface area contributed by atoms with Crippen molar-refractivity contribution in [2.45, 2.75) is 33.7 Å². The van der Waals surface area contributed by atoms with Gasteiger partial charge in [-0.1, -0.05) is 31.2 Å². The van der Waals surface area contributed by atoms with E-state index in [4.69, 9.17) is 4.99 Å². The number of carbonyl (C=O) groups excluding carboxylic acids is 1. The summed E-state index contributed by atoms with van der Waals surface area (Å²) in [5.41, 5.74) is 2.66. The van der Waals surface area contributed by atoms with Crippen molar-refractivity contribution in [1.29, 1.82) is 0 Å². The number of nitrogens with one attached hydrogen (secondary N) is 1. The number of carbonyl (C=O) groups is 1. The third-order valence-corrected chi connectivity index (χ3v) is 5.04. The monoisotopic (exact) mass is 373 g/mol. The van der Waals surface area contributed by atoms with E-state index in [1.54, 1.807) is 6.92 Å². The van der Waals surface area contributed by atoms with Crippen LogP contribution < -0.4 is 5.32 Å². The lowest BCUT2D eigenvalue weighted by Crippen LogP contribution is -2.48. The Hall–Kier alpha value is -2.08. The van der Waals surface area contributed by atoms with Gasteiger partial charge in [0.2, 0.25) is 5.91 Å². The van der Waals surface area contributed by atoms with Crippen molar-refractivity contribution < 1.29 is 4.79 Å². The van der Waals surface area contributed by atoms with E-state index in [9.17, 15) is 4.79 Å². The van der Waals surface area contributed by atoms with Gasteiger partial charge in [-0.25, -0.2) is 0 Å². The summed E-state index contributed by atoms with van der Waals surface area (Å²) in [6.45, 7) is 12.8. The predicted molar refractivity (Wildman–Crippen MR) is 112 cm³/mol. The van der Waals surface area contributed by atoms with Crippen LogP contribution in [0.5, 0.6) is 0 Å². The van der Waals surface area contributed by atoms with Gasteiger partial charge >= 0.3 is 0 Å². The van der Waals surface area contributed by atoms with Crippen LogP contribution in [0.3, 0.4) is 0 Å². The smallest absolute Gasteiger partial charge is 0.219 e. The summed E-state index contributed by atoms with van der Waals surface area (Å²) in [5, 5.41) is 3.39. The van der Waals surface area contributed by atoms with Gasteiger partial charge in [-0.2, -0.15) is 0 Å². The molecular weight excluding hydrogens is 338 g/mol.